The molecular weight excluding hydrogens is 276 g/mol. The molecule has 0 saturated heterocycles. The van der Waals surface area contributed by atoms with Gasteiger partial charge >= 0.3 is 6.09 Å². The number of benzene rings is 1. The van der Waals surface area contributed by atoms with E-state index in [1.54, 1.807) is 39.8 Å². The first-order chi connectivity index (χ1) is 9.70. The van der Waals surface area contributed by atoms with Crippen LogP contribution >= 0.6 is 0 Å². The molecule has 21 heavy (non-hydrogen) atoms. The summed E-state index contributed by atoms with van der Waals surface area (Å²) in [6.07, 6.45) is -0.526. The van der Waals surface area contributed by atoms with E-state index in [2.05, 4.69) is 5.32 Å². The fourth-order valence-electron chi connectivity index (χ4n) is 1.59. The molecule has 7 nitrogen and oxygen atoms in total. The Morgan fingerprint density at radius 1 is 1.38 bits per heavy atom. The molecule has 1 N–H and O–H groups in total. The van der Waals surface area contributed by atoms with E-state index in [4.69, 9.17) is 9.47 Å². The van der Waals surface area contributed by atoms with Crippen LogP contribution < -0.4 is 10.1 Å². The SMILES string of the molecule is Cc1c(OCCNC(=O)OC(C)(C)C)cccc1[N+](=O)[O-]. The van der Waals surface area contributed by atoms with E-state index in [0.29, 0.717) is 11.3 Å². The summed E-state index contributed by atoms with van der Waals surface area (Å²) in [6.45, 7) is 7.38. The molecule has 116 valence electrons. The Hall–Kier alpha value is -2.31. The number of nitrogens with zero attached hydrogens (tertiary/aromatic N) is 1. The van der Waals surface area contributed by atoms with Crippen molar-refractivity contribution in [3.8, 4) is 5.75 Å². The summed E-state index contributed by atoms with van der Waals surface area (Å²) in [5.74, 6) is 0.426. The number of carbonyl (C=O) groups is 1. The minimum Gasteiger partial charge on any atom is -0.491 e. The topological polar surface area (TPSA) is 90.7 Å². The Labute approximate surface area is 123 Å². The Bertz CT molecular complexity index is 523. The monoisotopic (exact) mass is 296 g/mol. The van der Waals surface area contributed by atoms with Crippen LogP contribution in [-0.2, 0) is 4.74 Å². The number of hydrogen-bond donors (Lipinski definition) is 1. The normalized spacial score (nSPS) is 10.9. The fourth-order valence-corrected chi connectivity index (χ4v) is 1.59. The van der Waals surface area contributed by atoms with Gasteiger partial charge in [0, 0.05) is 6.07 Å². The fraction of sp³-hybridized carbons (Fsp3) is 0.500. The largest absolute Gasteiger partial charge is 0.491 e. The van der Waals surface area contributed by atoms with Gasteiger partial charge in [0.1, 0.15) is 18.0 Å². The molecule has 1 aromatic carbocycles. The summed E-state index contributed by atoms with van der Waals surface area (Å²) in [6, 6.07) is 4.62. The van der Waals surface area contributed by atoms with Crippen molar-refractivity contribution in [1.29, 1.82) is 0 Å². The third kappa shape index (κ3) is 5.68. The molecule has 0 unspecified atom stereocenters. The van der Waals surface area contributed by atoms with E-state index >= 15 is 0 Å². The van der Waals surface area contributed by atoms with Gasteiger partial charge in [-0.05, 0) is 33.8 Å². The van der Waals surface area contributed by atoms with Crippen LogP contribution in [0.1, 0.15) is 26.3 Å². The summed E-state index contributed by atoms with van der Waals surface area (Å²) in [5.41, 5.74) is -0.0888. The van der Waals surface area contributed by atoms with Gasteiger partial charge in [-0.1, -0.05) is 6.07 Å². The molecule has 0 aromatic heterocycles. The van der Waals surface area contributed by atoms with Crippen molar-refractivity contribution in [2.75, 3.05) is 13.2 Å². The third-order valence-corrected chi connectivity index (χ3v) is 2.48. The first kappa shape index (κ1) is 16.7. The summed E-state index contributed by atoms with van der Waals surface area (Å²) >= 11 is 0. The van der Waals surface area contributed by atoms with Gasteiger partial charge in [-0.3, -0.25) is 10.1 Å². The van der Waals surface area contributed by atoms with Crippen LogP contribution in [0.15, 0.2) is 18.2 Å². The summed E-state index contributed by atoms with van der Waals surface area (Å²) in [5, 5.41) is 13.3. The molecule has 0 aliphatic carbocycles. The van der Waals surface area contributed by atoms with Gasteiger partial charge in [0.2, 0.25) is 0 Å². The summed E-state index contributed by atoms with van der Waals surface area (Å²) in [4.78, 5) is 21.7. The highest BCUT2D eigenvalue weighted by molar-refractivity contribution is 5.67. The average Bonchev–Trinajstić information content (AvgIpc) is 2.33. The second kappa shape index (κ2) is 6.92. The predicted molar refractivity (Wildman–Crippen MR) is 77.6 cm³/mol. The van der Waals surface area contributed by atoms with Gasteiger partial charge in [0.25, 0.3) is 5.69 Å². The number of alkyl carbamates (subject to hydrolysis) is 1. The van der Waals surface area contributed by atoms with Crippen LogP contribution in [0, 0.1) is 17.0 Å². The number of ether oxygens (including phenoxy) is 2. The molecule has 0 fully saturated rings. The number of rotatable bonds is 5. The zero-order chi connectivity index (χ0) is 16.0. The van der Waals surface area contributed by atoms with Crippen LogP contribution in [0.3, 0.4) is 0 Å². The first-order valence-corrected chi connectivity index (χ1v) is 6.54. The number of nitro groups is 1. The number of nitrogens with one attached hydrogen (secondary N) is 1. The van der Waals surface area contributed by atoms with Gasteiger partial charge in [-0.15, -0.1) is 0 Å². The molecule has 0 spiro atoms. The van der Waals surface area contributed by atoms with E-state index in [1.807, 2.05) is 0 Å². The zero-order valence-corrected chi connectivity index (χ0v) is 12.6. The Kier molecular flexibility index (Phi) is 5.52. The molecule has 1 aromatic rings. The maximum absolute atomic E-state index is 11.4. The molecule has 0 radical (unpaired) electrons. The number of amides is 1. The Morgan fingerprint density at radius 2 is 2.05 bits per heavy atom. The van der Waals surface area contributed by atoms with Crippen molar-refractivity contribution in [2.24, 2.45) is 0 Å². The first-order valence-electron chi connectivity index (χ1n) is 6.54. The van der Waals surface area contributed by atoms with Crippen LogP contribution in [0.2, 0.25) is 0 Å². The van der Waals surface area contributed by atoms with Crippen molar-refractivity contribution < 1.29 is 19.2 Å². The molecule has 1 rings (SSSR count). The highest BCUT2D eigenvalue weighted by Crippen LogP contribution is 2.26. The Morgan fingerprint density at radius 3 is 2.62 bits per heavy atom. The van der Waals surface area contributed by atoms with Crippen molar-refractivity contribution in [3.63, 3.8) is 0 Å². The average molecular weight is 296 g/mol. The second-order valence-corrected chi connectivity index (χ2v) is 5.43. The van der Waals surface area contributed by atoms with Gasteiger partial charge in [-0.2, -0.15) is 0 Å². The predicted octanol–water partition coefficient (Wildman–Crippen LogP) is 2.81. The number of hydrogen-bond acceptors (Lipinski definition) is 5. The molecule has 0 aliphatic heterocycles. The minimum atomic E-state index is -0.554. The standard InChI is InChI=1S/C14H20N2O5/c1-10-11(16(18)19)6-5-7-12(10)20-9-8-15-13(17)21-14(2,3)4/h5-7H,8-9H2,1-4H3,(H,15,17). The van der Waals surface area contributed by atoms with E-state index in [9.17, 15) is 14.9 Å². The molecule has 0 bridgehead atoms. The van der Waals surface area contributed by atoms with E-state index in [1.165, 1.54) is 6.07 Å². The quantitative estimate of drug-likeness (QED) is 0.512. The van der Waals surface area contributed by atoms with Gasteiger partial charge in [-0.25, -0.2) is 4.79 Å². The van der Waals surface area contributed by atoms with E-state index < -0.39 is 16.6 Å². The maximum atomic E-state index is 11.4. The zero-order valence-electron chi connectivity index (χ0n) is 12.6. The van der Waals surface area contributed by atoms with Crippen LogP contribution in [0.4, 0.5) is 10.5 Å². The highest BCUT2D eigenvalue weighted by Gasteiger charge is 2.16. The molecule has 0 heterocycles. The number of nitro benzene ring substituents is 1. The lowest BCUT2D eigenvalue weighted by Gasteiger charge is -2.19. The van der Waals surface area contributed by atoms with Crippen LogP contribution in [0.25, 0.3) is 0 Å². The maximum Gasteiger partial charge on any atom is 0.407 e. The highest BCUT2D eigenvalue weighted by atomic mass is 16.6. The van der Waals surface area contributed by atoms with Gasteiger partial charge in [0.05, 0.1) is 17.0 Å². The summed E-state index contributed by atoms with van der Waals surface area (Å²) < 4.78 is 10.5. The van der Waals surface area contributed by atoms with Crippen molar-refractivity contribution >= 4 is 11.8 Å². The molecular formula is C14H20N2O5. The lowest BCUT2D eigenvalue weighted by atomic mass is 10.2. The molecule has 7 heteroatoms. The lowest BCUT2D eigenvalue weighted by Crippen LogP contribution is -2.34. The molecule has 0 atom stereocenters. The second-order valence-electron chi connectivity index (χ2n) is 5.43. The molecule has 1 amide bonds. The lowest BCUT2D eigenvalue weighted by molar-refractivity contribution is -0.385. The summed E-state index contributed by atoms with van der Waals surface area (Å²) in [7, 11) is 0. The Balaban J connectivity index is 2.45. The minimum absolute atomic E-state index is 0.00704. The molecule has 0 saturated carbocycles. The molecule has 0 aliphatic rings. The van der Waals surface area contributed by atoms with Gasteiger partial charge < -0.3 is 14.8 Å². The van der Waals surface area contributed by atoms with E-state index in [0.717, 1.165) is 0 Å². The van der Waals surface area contributed by atoms with Gasteiger partial charge in [0.15, 0.2) is 0 Å². The third-order valence-electron chi connectivity index (χ3n) is 2.48. The van der Waals surface area contributed by atoms with Crippen LogP contribution in [0.5, 0.6) is 5.75 Å². The smallest absolute Gasteiger partial charge is 0.407 e. The van der Waals surface area contributed by atoms with Crippen molar-refractivity contribution in [2.45, 2.75) is 33.3 Å². The van der Waals surface area contributed by atoms with Crippen molar-refractivity contribution in [1.82, 2.24) is 5.32 Å². The van der Waals surface area contributed by atoms with E-state index in [-0.39, 0.29) is 18.8 Å². The van der Waals surface area contributed by atoms with Crippen molar-refractivity contribution in [3.05, 3.63) is 33.9 Å². The number of carbonyl (C=O) groups excluding carboxylic acids is 1. The van der Waals surface area contributed by atoms with Crippen LogP contribution in [-0.4, -0.2) is 29.8 Å².